The van der Waals surface area contributed by atoms with Gasteiger partial charge in [0.1, 0.15) is 11.6 Å². The molecular weight excluding hydrogens is 269 g/mol. The van der Waals surface area contributed by atoms with Gasteiger partial charge < -0.3 is 10.1 Å². The van der Waals surface area contributed by atoms with Crippen LogP contribution in [0, 0.1) is 5.82 Å². The second-order valence-corrected chi connectivity index (χ2v) is 4.51. The van der Waals surface area contributed by atoms with Crippen molar-refractivity contribution >= 4 is 17.5 Å². The SMILES string of the molecule is O=C1NC(c2c(F)cccc2Cl)Oc2ccccc21. The molecule has 2 aromatic rings. The summed E-state index contributed by atoms with van der Waals surface area (Å²) in [5.41, 5.74) is 0.554. The van der Waals surface area contributed by atoms with Crippen LogP contribution < -0.4 is 10.1 Å². The van der Waals surface area contributed by atoms with E-state index in [1.165, 1.54) is 12.1 Å². The number of carbonyl (C=O) groups excluding carboxylic acids is 1. The number of amides is 1. The summed E-state index contributed by atoms with van der Waals surface area (Å²) in [4.78, 5) is 11.9. The quantitative estimate of drug-likeness (QED) is 0.868. The summed E-state index contributed by atoms with van der Waals surface area (Å²) in [6, 6.07) is 11.1. The van der Waals surface area contributed by atoms with Gasteiger partial charge in [-0.15, -0.1) is 0 Å². The molecule has 0 saturated carbocycles. The van der Waals surface area contributed by atoms with Crippen LogP contribution in [0.1, 0.15) is 22.1 Å². The number of nitrogens with one attached hydrogen (secondary N) is 1. The predicted octanol–water partition coefficient (Wildman–Crippen LogP) is 3.30. The van der Waals surface area contributed by atoms with E-state index < -0.39 is 12.0 Å². The summed E-state index contributed by atoms with van der Waals surface area (Å²) in [6.45, 7) is 0. The van der Waals surface area contributed by atoms with Crippen LogP contribution >= 0.6 is 11.6 Å². The minimum absolute atomic E-state index is 0.131. The van der Waals surface area contributed by atoms with E-state index in [1.807, 2.05) is 0 Å². The number of benzene rings is 2. The third kappa shape index (κ3) is 2.04. The fraction of sp³-hybridized carbons (Fsp3) is 0.0714. The van der Waals surface area contributed by atoms with Crippen LogP contribution in [0.25, 0.3) is 0 Å². The lowest BCUT2D eigenvalue weighted by atomic mass is 10.1. The van der Waals surface area contributed by atoms with Gasteiger partial charge in [0.15, 0.2) is 0 Å². The molecule has 2 aromatic carbocycles. The maximum atomic E-state index is 13.8. The van der Waals surface area contributed by atoms with Gasteiger partial charge in [-0.05, 0) is 24.3 Å². The predicted molar refractivity (Wildman–Crippen MR) is 68.7 cm³/mol. The first-order chi connectivity index (χ1) is 9.16. The van der Waals surface area contributed by atoms with E-state index in [1.54, 1.807) is 30.3 Å². The maximum absolute atomic E-state index is 13.8. The fourth-order valence-electron chi connectivity index (χ4n) is 2.00. The van der Waals surface area contributed by atoms with E-state index in [9.17, 15) is 9.18 Å². The molecule has 0 fully saturated rings. The molecule has 3 nitrogen and oxygen atoms in total. The average Bonchev–Trinajstić information content (AvgIpc) is 2.38. The minimum atomic E-state index is -0.920. The van der Waals surface area contributed by atoms with Gasteiger partial charge >= 0.3 is 0 Å². The van der Waals surface area contributed by atoms with Gasteiger partial charge in [0.05, 0.1) is 16.1 Å². The van der Waals surface area contributed by atoms with E-state index in [2.05, 4.69) is 5.32 Å². The molecule has 3 rings (SSSR count). The van der Waals surface area contributed by atoms with Gasteiger partial charge in [0.2, 0.25) is 6.23 Å². The van der Waals surface area contributed by atoms with Crippen LogP contribution in [-0.2, 0) is 0 Å². The van der Waals surface area contributed by atoms with Crippen LogP contribution in [0.15, 0.2) is 42.5 Å². The molecule has 1 atom stereocenters. The van der Waals surface area contributed by atoms with Gasteiger partial charge in [0, 0.05) is 0 Å². The Kier molecular flexibility index (Phi) is 2.87. The molecule has 1 aliphatic rings. The summed E-state index contributed by atoms with van der Waals surface area (Å²) in [5, 5.41) is 2.80. The van der Waals surface area contributed by atoms with E-state index >= 15 is 0 Å². The number of para-hydroxylation sites is 1. The first kappa shape index (κ1) is 12.0. The second-order valence-electron chi connectivity index (χ2n) is 4.10. The van der Waals surface area contributed by atoms with E-state index in [-0.39, 0.29) is 16.5 Å². The third-order valence-corrected chi connectivity index (χ3v) is 3.23. The van der Waals surface area contributed by atoms with E-state index in [4.69, 9.17) is 16.3 Å². The smallest absolute Gasteiger partial charge is 0.258 e. The van der Waals surface area contributed by atoms with Crippen molar-refractivity contribution in [1.82, 2.24) is 5.32 Å². The molecular formula is C14H9ClFNO2. The topological polar surface area (TPSA) is 38.3 Å². The molecule has 0 aromatic heterocycles. The molecule has 0 spiro atoms. The fourth-order valence-corrected chi connectivity index (χ4v) is 2.26. The van der Waals surface area contributed by atoms with Crippen molar-refractivity contribution in [3.8, 4) is 5.75 Å². The lowest BCUT2D eigenvalue weighted by molar-refractivity contribution is 0.0750. The summed E-state index contributed by atoms with van der Waals surface area (Å²) >= 11 is 5.97. The largest absolute Gasteiger partial charge is 0.465 e. The Morgan fingerprint density at radius 2 is 1.95 bits per heavy atom. The van der Waals surface area contributed by atoms with E-state index in [0.29, 0.717) is 11.3 Å². The zero-order valence-corrected chi connectivity index (χ0v) is 10.4. The van der Waals surface area contributed by atoms with Gasteiger partial charge in [-0.25, -0.2) is 4.39 Å². The lowest BCUT2D eigenvalue weighted by Crippen LogP contribution is -2.37. The Morgan fingerprint density at radius 3 is 2.74 bits per heavy atom. The minimum Gasteiger partial charge on any atom is -0.465 e. The second kappa shape index (κ2) is 4.55. The Bertz CT molecular complexity index is 639. The molecule has 19 heavy (non-hydrogen) atoms. The molecule has 0 saturated heterocycles. The number of carbonyl (C=O) groups is 1. The Morgan fingerprint density at radius 1 is 1.16 bits per heavy atom. The number of halogens is 2. The zero-order chi connectivity index (χ0) is 13.4. The van der Waals surface area contributed by atoms with Gasteiger partial charge in [-0.3, -0.25) is 4.79 Å². The summed E-state index contributed by atoms with van der Waals surface area (Å²) in [6.07, 6.45) is -0.920. The molecule has 0 bridgehead atoms. The first-order valence-electron chi connectivity index (χ1n) is 5.67. The average molecular weight is 278 g/mol. The molecule has 0 radical (unpaired) electrons. The molecule has 1 unspecified atom stereocenters. The molecule has 5 heteroatoms. The molecule has 1 heterocycles. The number of hydrogen-bond acceptors (Lipinski definition) is 2. The Balaban J connectivity index is 2.04. The monoisotopic (exact) mass is 277 g/mol. The maximum Gasteiger partial charge on any atom is 0.258 e. The van der Waals surface area contributed by atoms with E-state index in [0.717, 1.165) is 0 Å². The first-order valence-corrected chi connectivity index (χ1v) is 6.05. The van der Waals surface area contributed by atoms with Crippen molar-refractivity contribution in [2.45, 2.75) is 6.23 Å². The van der Waals surface area contributed by atoms with Crippen LogP contribution in [-0.4, -0.2) is 5.91 Å². The van der Waals surface area contributed by atoms with Crippen LogP contribution in [0.3, 0.4) is 0 Å². The number of fused-ring (bicyclic) bond motifs is 1. The van der Waals surface area contributed by atoms with Crippen LogP contribution in [0.5, 0.6) is 5.75 Å². The van der Waals surface area contributed by atoms with Crippen LogP contribution in [0.2, 0.25) is 5.02 Å². The summed E-state index contributed by atoms with van der Waals surface area (Å²) < 4.78 is 19.4. The molecule has 1 N–H and O–H groups in total. The van der Waals surface area contributed by atoms with Crippen molar-refractivity contribution < 1.29 is 13.9 Å². The lowest BCUT2D eigenvalue weighted by Gasteiger charge is -2.27. The highest BCUT2D eigenvalue weighted by molar-refractivity contribution is 6.31. The molecule has 0 aliphatic carbocycles. The van der Waals surface area contributed by atoms with Crippen molar-refractivity contribution in [1.29, 1.82) is 0 Å². The highest BCUT2D eigenvalue weighted by atomic mass is 35.5. The summed E-state index contributed by atoms with van der Waals surface area (Å²) in [5.74, 6) is -0.418. The van der Waals surface area contributed by atoms with Crippen molar-refractivity contribution in [2.24, 2.45) is 0 Å². The van der Waals surface area contributed by atoms with Crippen molar-refractivity contribution in [3.63, 3.8) is 0 Å². The van der Waals surface area contributed by atoms with Crippen LogP contribution in [0.4, 0.5) is 4.39 Å². The molecule has 1 aliphatic heterocycles. The standard InChI is InChI=1S/C14H9ClFNO2/c15-9-5-3-6-10(16)12(9)14-17-13(18)8-4-1-2-7-11(8)19-14/h1-7,14H,(H,17,18). The zero-order valence-electron chi connectivity index (χ0n) is 9.69. The Labute approximate surface area is 114 Å². The van der Waals surface area contributed by atoms with Crippen molar-refractivity contribution in [3.05, 3.63) is 64.4 Å². The summed E-state index contributed by atoms with van der Waals surface area (Å²) in [7, 11) is 0. The number of ether oxygens (including phenoxy) is 1. The molecule has 1 amide bonds. The highest BCUT2D eigenvalue weighted by Gasteiger charge is 2.29. The third-order valence-electron chi connectivity index (χ3n) is 2.90. The number of rotatable bonds is 1. The normalized spacial score (nSPS) is 17.4. The van der Waals surface area contributed by atoms with Gasteiger partial charge in [-0.1, -0.05) is 29.8 Å². The van der Waals surface area contributed by atoms with Crippen molar-refractivity contribution in [2.75, 3.05) is 0 Å². The molecule has 96 valence electrons. The van der Waals surface area contributed by atoms with Gasteiger partial charge in [-0.2, -0.15) is 0 Å². The number of hydrogen-bond donors (Lipinski definition) is 1. The highest BCUT2D eigenvalue weighted by Crippen LogP contribution is 2.33. The Hall–Kier alpha value is -2.07. The van der Waals surface area contributed by atoms with Gasteiger partial charge in [0.25, 0.3) is 5.91 Å².